The van der Waals surface area contributed by atoms with E-state index in [4.69, 9.17) is 9.84 Å². The van der Waals surface area contributed by atoms with Crippen LogP contribution < -0.4 is 9.47 Å². The van der Waals surface area contributed by atoms with Crippen molar-refractivity contribution in [2.45, 2.75) is 51.2 Å². The zero-order valence-electron chi connectivity index (χ0n) is 18.0. The van der Waals surface area contributed by atoms with Crippen LogP contribution in [0.2, 0.25) is 0 Å². The SMILES string of the molecule is O=C(O)CC1CCC(c2ccc(-c3cc(OCc4ccccc4OC(F)F)n[nH]3)cc2)CC1. The van der Waals surface area contributed by atoms with Gasteiger partial charge in [-0.25, -0.2) is 0 Å². The van der Waals surface area contributed by atoms with Gasteiger partial charge < -0.3 is 14.6 Å². The van der Waals surface area contributed by atoms with Crippen LogP contribution in [0.3, 0.4) is 0 Å². The van der Waals surface area contributed by atoms with Gasteiger partial charge in [-0.3, -0.25) is 9.89 Å². The van der Waals surface area contributed by atoms with Gasteiger partial charge in [0.2, 0.25) is 5.88 Å². The number of ether oxygens (including phenoxy) is 2. The van der Waals surface area contributed by atoms with E-state index in [0.717, 1.165) is 36.9 Å². The molecule has 0 radical (unpaired) electrons. The van der Waals surface area contributed by atoms with Crippen LogP contribution in [0, 0.1) is 5.92 Å². The van der Waals surface area contributed by atoms with Gasteiger partial charge in [-0.1, -0.05) is 42.5 Å². The number of nitrogens with one attached hydrogen (secondary N) is 1. The van der Waals surface area contributed by atoms with Gasteiger partial charge >= 0.3 is 12.6 Å². The number of alkyl halides is 2. The minimum Gasteiger partial charge on any atom is -0.481 e. The fourth-order valence-corrected chi connectivity index (χ4v) is 4.39. The lowest BCUT2D eigenvalue weighted by Crippen LogP contribution is -2.16. The smallest absolute Gasteiger partial charge is 0.387 e. The van der Waals surface area contributed by atoms with E-state index in [0.29, 0.717) is 17.4 Å². The summed E-state index contributed by atoms with van der Waals surface area (Å²) in [6, 6.07) is 16.5. The minimum absolute atomic E-state index is 0.0523. The van der Waals surface area contributed by atoms with Crippen molar-refractivity contribution in [2.24, 2.45) is 5.92 Å². The maximum atomic E-state index is 12.6. The summed E-state index contributed by atoms with van der Waals surface area (Å²) in [4.78, 5) is 10.9. The number of aliphatic carboxylic acids is 1. The zero-order valence-corrected chi connectivity index (χ0v) is 18.0. The third kappa shape index (κ3) is 6.09. The maximum Gasteiger partial charge on any atom is 0.387 e. The molecular weight excluding hydrogens is 430 g/mol. The van der Waals surface area contributed by atoms with Crippen molar-refractivity contribution in [1.29, 1.82) is 0 Å². The topological polar surface area (TPSA) is 84.4 Å². The maximum absolute atomic E-state index is 12.6. The lowest BCUT2D eigenvalue weighted by molar-refractivity contribution is -0.138. The molecule has 1 aliphatic carbocycles. The molecule has 0 atom stereocenters. The first-order chi connectivity index (χ1) is 16.0. The van der Waals surface area contributed by atoms with Crippen LogP contribution in [-0.2, 0) is 11.4 Å². The molecule has 1 heterocycles. The third-order valence-corrected chi connectivity index (χ3v) is 6.12. The average Bonchev–Trinajstić information content (AvgIpc) is 3.27. The van der Waals surface area contributed by atoms with Gasteiger partial charge in [-0.05, 0) is 54.7 Å². The summed E-state index contributed by atoms with van der Waals surface area (Å²) in [5.74, 6) is 0.473. The number of halogens is 2. The Kier molecular flexibility index (Phi) is 7.22. The molecule has 0 bridgehead atoms. The fourth-order valence-electron chi connectivity index (χ4n) is 4.39. The Morgan fingerprint density at radius 2 is 1.82 bits per heavy atom. The number of nitrogens with zero attached hydrogens (tertiary/aromatic N) is 1. The molecule has 6 nitrogen and oxygen atoms in total. The summed E-state index contributed by atoms with van der Waals surface area (Å²) in [7, 11) is 0. The van der Waals surface area contributed by atoms with Crippen molar-refractivity contribution in [1.82, 2.24) is 10.2 Å². The van der Waals surface area contributed by atoms with Crippen molar-refractivity contribution < 1.29 is 28.2 Å². The van der Waals surface area contributed by atoms with E-state index in [1.807, 2.05) is 12.1 Å². The molecule has 1 aliphatic rings. The number of carboxylic acid groups (broad SMARTS) is 1. The lowest BCUT2D eigenvalue weighted by Gasteiger charge is -2.28. The minimum atomic E-state index is -2.90. The summed E-state index contributed by atoms with van der Waals surface area (Å²) in [6.45, 7) is -2.85. The number of carboxylic acids is 1. The summed E-state index contributed by atoms with van der Waals surface area (Å²) >= 11 is 0. The Bertz CT molecular complexity index is 1060. The molecule has 0 spiro atoms. The van der Waals surface area contributed by atoms with Gasteiger partial charge in [0.05, 0.1) is 5.69 Å². The Labute approximate surface area is 190 Å². The van der Waals surface area contributed by atoms with Gasteiger partial charge in [-0.2, -0.15) is 8.78 Å². The number of aromatic nitrogens is 2. The first kappa shape index (κ1) is 22.8. The van der Waals surface area contributed by atoms with Crippen LogP contribution in [0.25, 0.3) is 11.3 Å². The second-order valence-corrected chi connectivity index (χ2v) is 8.33. The van der Waals surface area contributed by atoms with Gasteiger partial charge in [-0.15, -0.1) is 5.10 Å². The number of hydrogen-bond donors (Lipinski definition) is 2. The molecule has 0 unspecified atom stereocenters. The number of benzene rings is 2. The van der Waals surface area contributed by atoms with Gasteiger partial charge in [0, 0.05) is 18.1 Å². The van der Waals surface area contributed by atoms with E-state index < -0.39 is 12.6 Å². The van der Waals surface area contributed by atoms with Crippen LogP contribution in [0.5, 0.6) is 11.6 Å². The molecule has 1 saturated carbocycles. The highest BCUT2D eigenvalue weighted by Crippen LogP contribution is 2.37. The summed E-state index contributed by atoms with van der Waals surface area (Å²) in [5.41, 5.74) is 3.52. The summed E-state index contributed by atoms with van der Waals surface area (Å²) in [5, 5.41) is 16.1. The molecule has 3 aromatic rings. The van der Waals surface area contributed by atoms with Gasteiger partial charge in [0.15, 0.2) is 0 Å². The van der Waals surface area contributed by atoms with E-state index in [-0.39, 0.29) is 24.7 Å². The van der Waals surface area contributed by atoms with E-state index in [9.17, 15) is 13.6 Å². The Balaban J connectivity index is 1.34. The molecule has 0 aliphatic heterocycles. The van der Waals surface area contributed by atoms with E-state index in [1.165, 1.54) is 11.6 Å². The molecule has 8 heteroatoms. The molecule has 2 aromatic carbocycles. The highest BCUT2D eigenvalue weighted by molar-refractivity contribution is 5.67. The van der Waals surface area contributed by atoms with E-state index in [2.05, 4.69) is 27.1 Å². The monoisotopic (exact) mass is 456 g/mol. The molecular formula is C25H26F2N2O4. The number of carbonyl (C=O) groups is 1. The summed E-state index contributed by atoms with van der Waals surface area (Å²) in [6.07, 6.45) is 4.18. The third-order valence-electron chi connectivity index (χ3n) is 6.12. The lowest BCUT2D eigenvalue weighted by atomic mass is 9.77. The second-order valence-electron chi connectivity index (χ2n) is 8.33. The van der Waals surface area contributed by atoms with Crippen molar-refractivity contribution in [2.75, 3.05) is 0 Å². The van der Waals surface area contributed by atoms with Crippen molar-refractivity contribution in [3.8, 4) is 22.9 Å². The molecule has 0 amide bonds. The standard InChI is InChI=1S/C25H26F2N2O4/c26-25(27)33-22-4-2-1-3-20(22)15-32-23-14-21(28-29-23)19-11-9-18(10-12-19)17-7-5-16(6-8-17)13-24(30)31/h1-4,9-12,14,16-17,25H,5-8,13,15H2,(H,28,29)(H,30,31). The Morgan fingerprint density at radius 1 is 1.09 bits per heavy atom. The molecule has 0 saturated heterocycles. The first-order valence-corrected chi connectivity index (χ1v) is 11.0. The number of H-pyrrole nitrogens is 1. The van der Waals surface area contributed by atoms with Crippen LogP contribution in [-0.4, -0.2) is 27.9 Å². The highest BCUT2D eigenvalue weighted by Gasteiger charge is 2.24. The molecule has 33 heavy (non-hydrogen) atoms. The van der Waals surface area contributed by atoms with Crippen LogP contribution in [0.1, 0.15) is 49.1 Å². The number of para-hydroxylation sites is 1. The Morgan fingerprint density at radius 3 is 2.52 bits per heavy atom. The predicted molar refractivity (Wildman–Crippen MR) is 118 cm³/mol. The normalized spacial score (nSPS) is 18.3. The van der Waals surface area contributed by atoms with Crippen molar-refractivity contribution >= 4 is 5.97 Å². The summed E-state index contributed by atoms with van der Waals surface area (Å²) < 4.78 is 35.3. The number of aromatic amines is 1. The molecule has 1 fully saturated rings. The second kappa shape index (κ2) is 10.5. The molecule has 1 aromatic heterocycles. The fraction of sp³-hybridized carbons (Fsp3) is 0.360. The van der Waals surface area contributed by atoms with Gasteiger partial charge in [0.25, 0.3) is 0 Å². The van der Waals surface area contributed by atoms with E-state index in [1.54, 1.807) is 24.3 Å². The first-order valence-electron chi connectivity index (χ1n) is 11.0. The molecule has 174 valence electrons. The van der Waals surface area contributed by atoms with E-state index >= 15 is 0 Å². The van der Waals surface area contributed by atoms with Crippen LogP contribution in [0.15, 0.2) is 54.6 Å². The largest absolute Gasteiger partial charge is 0.481 e. The molecule has 2 N–H and O–H groups in total. The molecule has 4 rings (SSSR count). The predicted octanol–water partition coefficient (Wildman–Crippen LogP) is 6.01. The Hall–Kier alpha value is -3.42. The zero-order chi connectivity index (χ0) is 23.2. The van der Waals surface area contributed by atoms with Crippen LogP contribution >= 0.6 is 0 Å². The number of hydrogen-bond acceptors (Lipinski definition) is 4. The quantitative estimate of drug-likeness (QED) is 0.412. The van der Waals surface area contributed by atoms with Crippen molar-refractivity contribution in [3.63, 3.8) is 0 Å². The van der Waals surface area contributed by atoms with Crippen molar-refractivity contribution in [3.05, 3.63) is 65.7 Å². The average molecular weight is 456 g/mol. The number of rotatable bonds is 9. The van der Waals surface area contributed by atoms with Gasteiger partial charge in [0.1, 0.15) is 12.4 Å². The highest BCUT2D eigenvalue weighted by atomic mass is 19.3. The van der Waals surface area contributed by atoms with Crippen LogP contribution in [0.4, 0.5) is 8.78 Å².